The monoisotopic (exact) mass is 589 g/mol. The number of carbonyl (C=O) groups is 1. The van der Waals surface area contributed by atoms with Crippen molar-refractivity contribution in [2.45, 2.75) is 47.9 Å². The molecule has 2 aromatic rings. The summed E-state index contributed by atoms with van der Waals surface area (Å²) in [5, 5.41) is 3.98. The van der Waals surface area contributed by atoms with Crippen LogP contribution in [0.1, 0.15) is 42.4 Å². The molecule has 38 heavy (non-hydrogen) atoms. The maximum absolute atomic E-state index is 13.1. The van der Waals surface area contributed by atoms with Gasteiger partial charge in [0, 0.05) is 57.2 Å². The Morgan fingerprint density at radius 1 is 1.16 bits per heavy atom. The van der Waals surface area contributed by atoms with Crippen molar-refractivity contribution in [3.05, 3.63) is 69.2 Å². The molecule has 2 heterocycles. The number of halogens is 5. The summed E-state index contributed by atoms with van der Waals surface area (Å²) in [5.74, 6) is -0.409. The fraction of sp³-hybridized carbons (Fsp3) is 0.519. The molecule has 1 spiro atoms. The van der Waals surface area contributed by atoms with Crippen LogP contribution in [0, 0.1) is 0 Å². The second-order valence-electron chi connectivity index (χ2n) is 10.2. The van der Waals surface area contributed by atoms with Gasteiger partial charge in [0.1, 0.15) is 12.2 Å². The van der Waals surface area contributed by atoms with Crippen molar-refractivity contribution < 1.29 is 22.5 Å². The predicted molar refractivity (Wildman–Crippen MR) is 146 cm³/mol. The van der Waals surface area contributed by atoms with Crippen molar-refractivity contribution in [2.24, 2.45) is 0 Å². The Labute approximate surface area is 234 Å². The SMILES string of the molecule is CNC(CCN1CCC2(CC1)c1ccccc1C[S+]2[O-])(CN(C)C(=O)CC(F)(F)F)c1ccc(Cl)c(Cl)c1. The summed E-state index contributed by atoms with van der Waals surface area (Å²) < 4.78 is 51.6. The van der Waals surface area contributed by atoms with E-state index in [2.05, 4.69) is 22.3 Å². The van der Waals surface area contributed by atoms with Gasteiger partial charge in [-0.3, -0.25) is 4.79 Å². The highest BCUT2D eigenvalue weighted by molar-refractivity contribution is 7.92. The number of likely N-dealkylation sites (N-methyl/N-ethyl adjacent to an activating group) is 2. The summed E-state index contributed by atoms with van der Waals surface area (Å²) >= 11 is 11.5. The summed E-state index contributed by atoms with van der Waals surface area (Å²) in [6, 6.07) is 13.3. The number of carbonyl (C=O) groups excluding carboxylic acids is 1. The maximum atomic E-state index is 13.1. The summed E-state index contributed by atoms with van der Waals surface area (Å²) in [6.45, 7) is 2.16. The van der Waals surface area contributed by atoms with E-state index in [1.54, 1.807) is 25.2 Å². The molecule has 0 radical (unpaired) electrons. The fourth-order valence-electron chi connectivity index (χ4n) is 5.73. The number of hydrogen-bond donors (Lipinski definition) is 1. The van der Waals surface area contributed by atoms with Gasteiger partial charge in [0.25, 0.3) is 0 Å². The number of benzene rings is 2. The first kappa shape index (κ1) is 29.5. The van der Waals surface area contributed by atoms with Crippen LogP contribution >= 0.6 is 23.2 Å². The fourth-order valence-corrected chi connectivity index (χ4v) is 7.92. The molecule has 1 amide bonds. The van der Waals surface area contributed by atoms with Crippen molar-refractivity contribution >= 4 is 40.3 Å². The molecule has 0 saturated carbocycles. The molecule has 2 unspecified atom stereocenters. The molecule has 5 nitrogen and oxygen atoms in total. The van der Waals surface area contributed by atoms with Crippen LogP contribution in [0.5, 0.6) is 0 Å². The quantitative estimate of drug-likeness (QED) is 0.415. The van der Waals surface area contributed by atoms with Gasteiger partial charge in [0.15, 0.2) is 4.75 Å². The van der Waals surface area contributed by atoms with Crippen LogP contribution in [0.2, 0.25) is 10.0 Å². The molecule has 2 atom stereocenters. The van der Waals surface area contributed by atoms with E-state index >= 15 is 0 Å². The Morgan fingerprint density at radius 3 is 2.47 bits per heavy atom. The average molecular weight is 591 g/mol. The number of rotatable bonds is 8. The summed E-state index contributed by atoms with van der Waals surface area (Å²) in [5.41, 5.74) is 2.24. The molecule has 0 aromatic heterocycles. The number of hydrogen-bond acceptors (Lipinski definition) is 4. The predicted octanol–water partition coefficient (Wildman–Crippen LogP) is 5.46. The van der Waals surface area contributed by atoms with Gasteiger partial charge in [-0.2, -0.15) is 13.2 Å². The number of alkyl halides is 3. The van der Waals surface area contributed by atoms with Crippen LogP contribution in [0.4, 0.5) is 13.2 Å². The maximum Gasteiger partial charge on any atom is 0.397 e. The molecule has 2 aliphatic heterocycles. The Balaban J connectivity index is 1.51. The van der Waals surface area contributed by atoms with Crippen molar-refractivity contribution in [3.63, 3.8) is 0 Å². The van der Waals surface area contributed by atoms with Gasteiger partial charge in [-0.25, -0.2) is 0 Å². The molecular weight excluding hydrogens is 558 g/mol. The van der Waals surface area contributed by atoms with Crippen molar-refractivity contribution in [3.8, 4) is 0 Å². The zero-order chi connectivity index (χ0) is 27.7. The smallest absolute Gasteiger partial charge is 0.397 e. The number of piperidine rings is 1. The first-order chi connectivity index (χ1) is 17.9. The Hall–Kier alpha value is -1.49. The number of nitrogens with one attached hydrogen (secondary N) is 1. The lowest BCUT2D eigenvalue weighted by molar-refractivity contribution is -0.161. The van der Waals surface area contributed by atoms with E-state index in [-0.39, 0.29) is 11.3 Å². The lowest BCUT2D eigenvalue weighted by atomic mass is 9.84. The lowest BCUT2D eigenvalue weighted by Crippen LogP contribution is -2.53. The zero-order valence-corrected chi connectivity index (χ0v) is 23.7. The molecule has 1 saturated heterocycles. The minimum Gasteiger partial charge on any atom is -0.615 e. The van der Waals surface area contributed by atoms with Crippen LogP contribution < -0.4 is 5.32 Å². The van der Waals surface area contributed by atoms with E-state index in [1.807, 2.05) is 12.1 Å². The topological polar surface area (TPSA) is 58.6 Å². The Bertz CT molecular complexity index is 1160. The minimum atomic E-state index is -4.58. The number of likely N-dealkylation sites (tertiary alicyclic amines) is 1. The van der Waals surface area contributed by atoms with Gasteiger partial charge in [0.2, 0.25) is 5.91 Å². The Morgan fingerprint density at radius 2 is 1.84 bits per heavy atom. The second kappa shape index (κ2) is 11.6. The summed E-state index contributed by atoms with van der Waals surface area (Å²) in [4.78, 5) is 15.8. The van der Waals surface area contributed by atoms with Crippen molar-refractivity contribution in [2.75, 3.05) is 40.3 Å². The molecule has 2 aromatic carbocycles. The lowest BCUT2D eigenvalue weighted by Gasteiger charge is -2.42. The van der Waals surface area contributed by atoms with Gasteiger partial charge >= 0.3 is 6.18 Å². The average Bonchev–Trinajstić information content (AvgIpc) is 3.14. The number of fused-ring (bicyclic) bond motifs is 2. The summed E-state index contributed by atoms with van der Waals surface area (Å²) in [7, 11) is 3.11. The molecule has 11 heteroatoms. The van der Waals surface area contributed by atoms with E-state index in [0.717, 1.165) is 36.4 Å². The molecule has 0 bridgehead atoms. The molecule has 4 rings (SSSR count). The Kier molecular flexibility index (Phi) is 8.96. The van der Waals surface area contributed by atoms with Gasteiger partial charge in [-0.05, 0) is 42.3 Å². The van der Waals surface area contributed by atoms with E-state index in [4.69, 9.17) is 23.2 Å². The highest BCUT2D eigenvalue weighted by atomic mass is 35.5. The zero-order valence-electron chi connectivity index (χ0n) is 21.4. The number of amides is 1. The van der Waals surface area contributed by atoms with E-state index < -0.39 is 35.2 Å². The summed E-state index contributed by atoms with van der Waals surface area (Å²) in [6.07, 6.45) is -4.03. The molecular formula is C27H32Cl2F3N3O2S. The highest BCUT2D eigenvalue weighted by Gasteiger charge is 2.52. The molecule has 2 aliphatic rings. The standard InChI is InChI=1S/C27H32Cl2F3N3O2S/c1-33-25(20-7-8-22(28)23(29)15-20,18-34(2)24(36)16-27(30,31)32)9-12-35-13-10-26(11-14-35)21-6-4-3-5-19(21)17-38(26)37/h3-8,15,33H,9-14,16-18H2,1-2H3. The van der Waals surface area contributed by atoms with Crippen LogP contribution in [0.15, 0.2) is 42.5 Å². The first-order valence-electron chi connectivity index (χ1n) is 12.5. The van der Waals surface area contributed by atoms with E-state index in [0.29, 0.717) is 28.8 Å². The van der Waals surface area contributed by atoms with Gasteiger partial charge in [-0.15, -0.1) is 0 Å². The largest absolute Gasteiger partial charge is 0.615 e. The molecule has 1 fully saturated rings. The third kappa shape index (κ3) is 6.13. The third-order valence-corrected chi connectivity index (χ3v) is 10.8. The highest BCUT2D eigenvalue weighted by Crippen LogP contribution is 2.48. The van der Waals surface area contributed by atoms with Crippen LogP contribution in [0.25, 0.3) is 0 Å². The van der Waals surface area contributed by atoms with Crippen molar-refractivity contribution in [1.29, 1.82) is 0 Å². The minimum absolute atomic E-state index is 0.0194. The molecule has 0 aliphatic carbocycles. The van der Waals surface area contributed by atoms with Crippen LogP contribution in [-0.4, -0.2) is 66.7 Å². The molecule has 1 N–H and O–H groups in total. The van der Waals surface area contributed by atoms with Gasteiger partial charge < -0.3 is 19.7 Å². The third-order valence-electron chi connectivity index (χ3n) is 7.98. The van der Waals surface area contributed by atoms with Crippen LogP contribution in [0.3, 0.4) is 0 Å². The first-order valence-corrected chi connectivity index (χ1v) is 14.6. The van der Waals surface area contributed by atoms with Crippen LogP contribution in [-0.2, 0) is 32.0 Å². The van der Waals surface area contributed by atoms with Crippen molar-refractivity contribution in [1.82, 2.24) is 15.1 Å². The van der Waals surface area contributed by atoms with Gasteiger partial charge in [-0.1, -0.05) is 53.5 Å². The van der Waals surface area contributed by atoms with E-state index in [9.17, 15) is 22.5 Å². The van der Waals surface area contributed by atoms with Gasteiger partial charge in [0.05, 0.1) is 15.6 Å². The molecule has 208 valence electrons. The number of nitrogens with zero attached hydrogens (tertiary/aromatic N) is 2. The normalized spacial score (nSPS) is 20.8. The second-order valence-corrected chi connectivity index (χ2v) is 12.8. The van der Waals surface area contributed by atoms with E-state index in [1.165, 1.54) is 18.2 Å².